The van der Waals surface area contributed by atoms with Crippen LogP contribution >= 0.6 is 12.4 Å². The van der Waals surface area contributed by atoms with Crippen molar-refractivity contribution in [3.63, 3.8) is 0 Å². The Morgan fingerprint density at radius 2 is 2.11 bits per heavy atom. The highest BCUT2D eigenvalue weighted by molar-refractivity contribution is 5.85. The molecule has 1 aromatic carbocycles. The summed E-state index contributed by atoms with van der Waals surface area (Å²) in [4.78, 5) is 2.38. The maximum absolute atomic E-state index is 12.7. The van der Waals surface area contributed by atoms with Crippen LogP contribution in [-0.2, 0) is 0 Å². The van der Waals surface area contributed by atoms with Crippen LogP contribution in [0.1, 0.15) is 6.42 Å². The van der Waals surface area contributed by atoms with Crippen molar-refractivity contribution in [1.29, 1.82) is 0 Å². The van der Waals surface area contributed by atoms with E-state index in [4.69, 9.17) is 4.74 Å². The third kappa shape index (κ3) is 4.44. The molecule has 1 aliphatic rings. The number of benzene rings is 1. The van der Waals surface area contributed by atoms with Gasteiger partial charge in [0.25, 0.3) is 0 Å². The van der Waals surface area contributed by atoms with Crippen LogP contribution in [-0.4, -0.2) is 44.2 Å². The van der Waals surface area contributed by atoms with Crippen LogP contribution in [0.5, 0.6) is 5.75 Å². The highest BCUT2D eigenvalue weighted by atomic mass is 35.5. The minimum atomic E-state index is -0.228. The van der Waals surface area contributed by atoms with E-state index in [-0.39, 0.29) is 18.2 Å². The second-order valence-corrected chi connectivity index (χ2v) is 4.38. The summed E-state index contributed by atoms with van der Waals surface area (Å²) in [6, 6.07) is 6.77. The summed E-state index contributed by atoms with van der Waals surface area (Å²) in [6.07, 6.45) is 1.20. The van der Waals surface area contributed by atoms with Crippen LogP contribution in [0.3, 0.4) is 0 Å². The van der Waals surface area contributed by atoms with Gasteiger partial charge in [0.05, 0.1) is 0 Å². The predicted molar refractivity (Wildman–Crippen MR) is 73.0 cm³/mol. The lowest BCUT2D eigenvalue weighted by molar-refractivity contribution is 0.235. The van der Waals surface area contributed by atoms with E-state index < -0.39 is 0 Å². The van der Waals surface area contributed by atoms with Crippen LogP contribution in [0, 0.1) is 5.82 Å². The molecule has 0 spiro atoms. The summed E-state index contributed by atoms with van der Waals surface area (Å²) in [5.74, 6) is 0.504. The number of rotatable bonds is 5. The molecule has 1 saturated heterocycles. The quantitative estimate of drug-likeness (QED) is 0.888. The smallest absolute Gasteiger partial charge is 0.123 e. The number of halogens is 2. The average molecular weight is 275 g/mol. The predicted octanol–water partition coefficient (Wildman–Crippen LogP) is 1.92. The summed E-state index contributed by atoms with van der Waals surface area (Å²) in [7, 11) is 2.00. The lowest BCUT2D eigenvalue weighted by Gasteiger charge is -2.16. The summed E-state index contributed by atoms with van der Waals surface area (Å²) >= 11 is 0. The van der Waals surface area contributed by atoms with Gasteiger partial charge >= 0.3 is 0 Å². The van der Waals surface area contributed by atoms with Crippen molar-refractivity contribution in [2.24, 2.45) is 0 Å². The summed E-state index contributed by atoms with van der Waals surface area (Å²) in [5, 5.41) is 3.28. The molecule has 18 heavy (non-hydrogen) atoms. The second-order valence-electron chi connectivity index (χ2n) is 4.38. The molecule has 102 valence electrons. The molecule has 3 nitrogen and oxygen atoms in total. The van der Waals surface area contributed by atoms with E-state index in [0.717, 1.165) is 25.4 Å². The van der Waals surface area contributed by atoms with Gasteiger partial charge in [-0.3, -0.25) is 4.90 Å². The topological polar surface area (TPSA) is 24.5 Å². The zero-order valence-electron chi connectivity index (χ0n) is 10.6. The Labute approximate surface area is 114 Å². The maximum atomic E-state index is 12.7. The van der Waals surface area contributed by atoms with Gasteiger partial charge in [-0.05, 0) is 44.3 Å². The first kappa shape index (κ1) is 15.2. The maximum Gasteiger partial charge on any atom is 0.123 e. The van der Waals surface area contributed by atoms with E-state index in [0.29, 0.717) is 12.6 Å². The first-order valence-electron chi connectivity index (χ1n) is 6.06. The van der Waals surface area contributed by atoms with Crippen molar-refractivity contribution < 1.29 is 9.13 Å². The van der Waals surface area contributed by atoms with Gasteiger partial charge in [-0.1, -0.05) is 0 Å². The fourth-order valence-electron chi connectivity index (χ4n) is 2.09. The van der Waals surface area contributed by atoms with Gasteiger partial charge < -0.3 is 10.1 Å². The number of likely N-dealkylation sites (tertiary alicyclic amines) is 1. The molecule has 5 heteroatoms. The van der Waals surface area contributed by atoms with E-state index >= 15 is 0 Å². The number of likely N-dealkylation sites (N-methyl/N-ethyl adjacent to an activating group) is 1. The molecule has 1 fully saturated rings. The zero-order chi connectivity index (χ0) is 12.1. The van der Waals surface area contributed by atoms with Crippen molar-refractivity contribution in [1.82, 2.24) is 10.2 Å². The summed E-state index contributed by atoms with van der Waals surface area (Å²) in [5.41, 5.74) is 0. The normalized spacial score (nSPS) is 19.6. The molecular formula is C13H20ClFN2O. The molecule has 0 amide bonds. The molecule has 0 saturated carbocycles. The van der Waals surface area contributed by atoms with Crippen LogP contribution in [0.4, 0.5) is 4.39 Å². The highest BCUT2D eigenvalue weighted by Crippen LogP contribution is 2.12. The van der Waals surface area contributed by atoms with E-state index in [1.54, 1.807) is 12.1 Å². The van der Waals surface area contributed by atoms with Gasteiger partial charge in [-0.25, -0.2) is 4.39 Å². The number of nitrogens with zero attached hydrogens (tertiary/aromatic N) is 1. The third-order valence-corrected chi connectivity index (χ3v) is 3.17. The summed E-state index contributed by atoms with van der Waals surface area (Å²) in [6.45, 7) is 3.79. The van der Waals surface area contributed by atoms with Crippen LogP contribution in [0.2, 0.25) is 0 Å². The zero-order valence-corrected chi connectivity index (χ0v) is 11.4. The average Bonchev–Trinajstić information content (AvgIpc) is 2.80. The Hall–Kier alpha value is -0.840. The van der Waals surface area contributed by atoms with Crippen molar-refractivity contribution in [3.05, 3.63) is 30.1 Å². The van der Waals surface area contributed by atoms with Crippen molar-refractivity contribution in [2.75, 3.05) is 33.3 Å². The number of hydrogen-bond acceptors (Lipinski definition) is 3. The van der Waals surface area contributed by atoms with E-state index in [2.05, 4.69) is 10.2 Å². The second kappa shape index (κ2) is 7.56. The molecule has 1 atom stereocenters. The number of ether oxygens (including phenoxy) is 1. The van der Waals surface area contributed by atoms with Crippen LogP contribution in [0.25, 0.3) is 0 Å². The first-order chi connectivity index (χ1) is 8.28. The monoisotopic (exact) mass is 274 g/mol. The van der Waals surface area contributed by atoms with Gasteiger partial charge in [0.1, 0.15) is 18.2 Å². The molecule has 0 radical (unpaired) electrons. The van der Waals surface area contributed by atoms with Gasteiger partial charge in [-0.15, -0.1) is 12.4 Å². The van der Waals surface area contributed by atoms with E-state index in [1.165, 1.54) is 18.6 Å². The van der Waals surface area contributed by atoms with Crippen molar-refractivity contribution in [3.8, 4) is 5.75 Å². The molecule has 0 aliphatic carbocycles. The van der Waals surface area contributed by atoms with Gasteiger partial charge in [0, 0.05) is 19.1 Å². The standard InChI is InChI=1S/C13H19FN2O.ClH/c1-15-12-6-7-16(10-12)8-9-17-13-4-2-11(14)3-5-13;/h2-5,12,15H,6-10H2,1H3;1H. The molecule has 1 N–H and O–H groups in total. The summed E-state index contributed by atoms with van der Waals surface area (Å²) < 4.78 is 18.2. The first-order valence-corrected chi connectivity index (χ1v) is 6.06. The van der Waals surface area contributed by atoms with Crippen molar-refractivity contribution >= 4 is 12.4 Å². The highest BCUT2D eigenvalue weighted by Gasteiger charge is 2.20. The van der Waals surface area contributed by atoms with E-state index in [1.807, 2.05) is 7.05 Å². The lowest BCUT2D eigenvalue weighted by Crippen LogP contribution is -2.31. The molecule has 1 aliphatic heterocycles. The number of nitrogens with one attached hydrogen (secondary N) is 1. The lowest BCUT2D eigenvalue weighted by atomic mass is 10.3. The van der Waals surface area contributed by atoms with Gasteiger partial charge in [-0.2, -0.15) is 0 Å². The van der Waals surface area contributed by atoms with Gasteiger partial charge in [0.15, 0.2) is 0 Å². The SMILES string of the molecule is CNC1CCN(CCOc2ccc(F)cc2)C1.Cl. The molecule has 1 heterocycles. The Balaban J connectivity index is 0.00000162. The van der Waals surface area contributed by atoms with Crippen LogP contribution in [0.15, 0.2) is 24.3 Å². The van der Waals surface area contributed by atoms with Gasteiger partial charge in [0.2, 0.25) is 0 Å². The molecule has 1 unspecified atom stereocenters. The van der Waals surface area contributed by atoms with Crippen molar-refractivity contribution in [2.45, 2.75) is 12.5 Å². The molecule has 0 bridgehead atoms. The molecule has 0 aromatic heterocycles. The Morgan fingerprint density at radius 3 is 2.72 bits per heavy atom. The fourth-order valence-corrected chi connectivity index (χ4v) is 2.09. The minimum absolute atomic E-state index is 0. The molecular weight excluding hydrogens is 255 g/mol. The largest absolute Gasteiger partial charge is 0.492 e. The Kier molecular flexibility index (Phi) is 6.39. The minimum Gasteiger partial charge on any atom is -0.492 e. The Morgan fingerprint density at radius 1 is 1.39 bits per heavy atom. The third-order valence-electron chi connectivity index (χ3n) is 3.17. The van der Waals surface area contributed by atoms with Crippen LogP contribution < -0.4 is 10.1 Å². The fraction of sp³-hybridized carbons (Fsp3) is 0.538. The molecule has 1 aromatic rings. The van der Waals surface area contributed by atoms with E-state index in [9.17, 15) is 4.39 Å². The Bertz CT molecular complexity index is 347. The molecule has 2 rings (SSSR count). The number of hydrogen-bond donors (Lipinski definition) is 1.